The van der Waals surface area contributed by atoms with Gasteiger partial charge in [0, 0.05) is 18.7 Å². The maximum atomic E-state index is 12.1. The second-order valence-corrected chi connectivity index (χ2v) is 6.72. The van der Waals surface area contributed by atoms with Crippen LogP contribution in [0.4, 0.5) is 0 Å². The van der Waals surface area contributed by atoms with Crippen LogP contribution in [0.5, 0.6) is 0 Å². The number of benzene rings is 1. The van der Waals surface area contributed by atoms with E-state index in [1.165, 1.54) is 0 Å². The summed E-state index contributed by atoms with van der Waals surface area (Å²) in [4.78, 5) is 12.1. The van der Waals surface area contributed by atoms with E-state index in [1.54, 1.807) is 0 Å². The lowest BCUT2D eigenvalue weighted by Crippen LogP contribution is -2.41. The van der Waals surface area contributed by atoms with Crippen LogP contribution in [0.2, 0.25) is 0 Å². The van der Waals surface area contributed by atoms with E-state index in [2.05, 4.69) is 39.9 Å². The monoisotopic (exact) mass is 262 g/mol. The quantitative estimate of drug-likeness (QED) is 0.876. The van der Waals surface area contributed by atoms with Gasteiger partial charge in [-0.15, -0.1) is 0 Å². The molecular weight excluding hydrogens is 236 g/mol. The number of carbonyl (C=O) groups excluding carboxylic acids is 1. The zero-order valence-electron chi connectivity index (χ0n) is 12.7. The predicted octanol–water partition coefficient (Wildman–Crippen LogP) is 2.95. The van der Waals surface area contributed by atoms with Crippen LogP contribution in [0.1, 0.15) is 50.5 Å². The van der Waals surface area contributed by atoms with Crippen molar-refractivity contribution in [2.24, 2.45) is 16.6 Å². The van der Waals surface area contributed by atoms with Gasteiger partial charge < -0.3 is 11.1 Å². The molecule has 0 radical (unpaired) electrons. The summed E-state index contributed by atoms with van der Waals surface area (Å²) < 4.78 is 0. The summed E-state index contributed by atoms with van der Waals surface area (Å²) in [6.07, 6.45) is 0. The first-order valence-corrected chi connectivity index (χ1v) is 6.74. The zero-order chi connectivity index (χ0) is 14.7. The zero-order valence-corrected chi connectivity index (χ0v) is 12.7. The molecule has 1 amide bonds. The smallest absolute Gasteiger partial charge is 0.251 e. The molecule has 1 aromatic carbocycles. The summed E-state index contributed by atoms with van der Waals surface area (Å²) in [6.45, 7) is 12.1. The minimum absolute atomic E-state index is 0.0269. The maximum absolute atomic E-state index is 12.1. The lowest BCUT2D eigenvalue weighted by atomic mass is 9.69. The molecule has 1 rings (SSSR count). The van der Waals surface area contributed by atoms with Crippen molar-refractivity contribution in [1.29, 1.82) is 0 Å². The molecule has 0 unspecified atom stereocenters. The summed E-state index contributed by atoms with van der Waals surface area (Å²) in [5, 5.41) is 3.01. The number of hydrogen-bond donors (Lipinski definition) is 2. The predicted molar refractivity (Wildman–Crippen MR) is 79.9 cm³/mol. The first kappa shape index (κ1) is 15.7. The van der Waals surface area contributed by atoms with Crippen molar-refractivity contribution in [1.82, 2.24) is 5.32 Å². The van der Waals surface area contributed by atoms with E-state index in [9.17, 15) is 4.79 Å². The minimum atomic E-state index is -0.0269. The Bertz CT molecular complexity index is 427. The summed E-state index contributed by atoms with van der Waals surface area (Å²) in [6, 6.07) is 7.43. The Morgan fingerprint density at radius 1 is 1.11 bits per heavy atom. The van der Waals surface area contributed by atoms with Crippen molar-refractivity contribution in [2.45, 2.75) is 41.2 Å². The molecule has 0 fully saturated rings. The number of nitrogens with one attached hydrogen (secondary N) is 1. The molecule has 19 heavy (non-hydrogen) atoms. The first-order valence-electron chi connectivity index (χ1n) is 6.74. The van der Waals surface area contributed by atoms with Gasteiger partial charge >= 0.3 is 0 Å². The van der Waals surface area contributed by atoms with Gasteiger partial charge in [0.1, 0.15) is 0 Å². The van der Waals surface area contributed by atoms with Crippen LogP contribution in [0.25, 0.3) is 0 Å². The van der Waals surface area contributed by atoms with Crippen LogP contribution in [0.15, 0.2) is 24.3 Å². The fourth-order valence-electron chi connectivity index (χ4n) is 1.46. The average Bonchev–Trinajstić information content (AvgIpc) is 2.35. The summed E-state index contributed by atoms with van der Waals surface area (Å²) in [7, 11) is 0. The molecule has 0 spiro atoms. The number of carbonyl (C=O) groups is 1. The molecule has 0 aromatic heterocycles. The number of nitrogens with two attached hydrogens (primary N) is 1. The van der Waals surface area contributed by atoms with Gasteiger partial charge in [0.05, 0.1) is 0 Å². The SMILES string of the molecule is CC(C)(C)C(C)(C)CNC(=O)c1ccc(CN)cc1. The van der Waals surface area contributed by atoms with Crippen molar-refractivity contribution < 1.29 is 4.79 Å². The van der Waals surface area contributed by atoms with Gasteiger partial charge in [-0.05, 0) is 28.5 Å². The molecule has 3 N–H and O–H groups in total. The third-order valence-corrected chi connectivity index (χ3v) is 4.17. The largest absolute Gasteiger partial charge is 0.351 e. The molecule has 0 saturated carbocycles. The first-order chi connectivity index (χ1) is 8.67. The van der Waals surface area contributed by atoms with E-state index in [-0.39, 0.29) is 16.7 Å². The van der Waals surface area contributed by atoms with E-state index in [0.717, 1.165) is 5.56 Å². The Labute approximate surface area is 116 Å². The van der Waals surface area contributed by atoms with Crippen LogP contribution >= 0.6 is 0 Å². The van der Waals surface area contributed by atoms with E-state index in [0.29, 0.717) is 18.7 Å². The fourth-order valence-corrected chi connectivity index (χ4v) is 1.46. The third kappa shape index (κ3) is 4.06. The van der Waals surface area contributed by atoms with Gasteiger partial charge in [-0.25, -0.2) is 0 Å². The van der Waals surface area contributed by atoms with Gasteiger partial charge in [-0.1, -0.05) is 46.8 Å². The molecular formula is C16H26N2O. The summed E-state index contributed by atoms with van der Waals surface area (Å²) in [5.74, 6) is -0.0269. The highest BCUT2D eigenvalue weighted by Gasteiger charge is 2.32. The molecule has 0 aliphatic carbocycles. The molecule has 0 saturated heterocycles. The highest BCUT2D eigenvalue weighted by atomic mass is 16.1. The van der Waals surface area contributed by atoms with Crippen molar-refractivity contribution >= 4 is 5.91 Å². The average molecular weight is 262 g/mol. The van der Waals surface area contributed by atoms with Gasteiger partial charge in [0.2, 0.25) is 0 Å². The maximum Gasteiger partial charge on any atom is 0.251 e. The second kappa shape index (κ2) is 5.74. The fraction of sp³-hybridized carbons (Fsp3) is 0.562. The molecule has 0 bridgehead atoms. The van der Waals surface area contributed by atoms with Crippen molar-refractivity contribution in [3.63, 3.8) is 0 Å². The summed E-state index contributed by atoms with van der Waals surface area (Å²) in [5.41, 5.74) is 7.44. The highest BCUT2D eigenvalue weighted by Crippen LogP contribution is 2.36. The lowest BCUT2D eigenvalue weighted by Gasteiger charge is -2.38. The van der Waals surface area contributed by atoms with Crippen LogP contribution in [-0.2, 0) is 6.54 Å². The van der Waals surface area contributed by atoms with Crippen LogP contribution < -0.4 is 11.1 Å². The molecule has 0 aliphatic heterocycles. The Morgan fingerprint density at radius 3 is 2.05 bits per heavy atom. The molecule has 0 aliphatic rings. The van der Waals surface area contributed by atoms with E-state index in [1.807, 2.05) is 24.3 Å². The molecule has 106 valence electrons. The van der Waals surface area contributed by atoms with E-state index in [4.69, 9.17) is 5.73 Å². The molecule has 0 atom stereocenters. The lowest BCUT2D eigenvalue weighted by molar-refractivity contribution is 0.0867. The van der Waals surface area contributed by atoms with Gasteiger partial charge in [-0.3, -0.25) is 4.79 Å². The molecule has 1 aromatic rings. The minimum Gasteiger partial charge on any atom is -0.351 e. The van der Waals surface area contributed by atoms with Crippen molar-refractivity contribution in [2.75, 3.05) is 6.54 Å². The van der Waals surface area contributed by atoms with E-state index >= 15 is 0 Å². The van der Waals surface area contributed by atoms with Gasteiger partial charge in [0.15, 0.2) is 0 Å². The topological polar surface area (TPSA) is 55.1 Å². The summed E-state index contributed by atoms with van der Waals surface area (Å²) >= 11 is 0. The van der Waals surface area contributed by atoms with Crippen LogP contribution in [0, 0.1) is 10.8 Å². The molecule has 3 nitrogen and oxygen atoms in total. The second-order valence-electron chi connectivity index (χ2n) is 6.72. The van der Waals surface area contributed by atoms with Gasteiger partial charge in [-0.2, -0.15) is 0 Å². The molecule has 0 heterocycles. The van der Waals surface area contributed by atoms with E-state index < -0.39 is 0 Å². The number of rotatable bonds is 4. The third-order valence-electron chi connectivity index (χ3n) is 4.17. The number of hydrogen-bond acceptors (Lipinski definition) is 2. The van der Waals surface area contributed by atoms with Gasteiger partial charge in [0.25, 0.3) is 5.91 Å². The molecule has 3 heteroatoms. The van der Waals surface area contributed by atoms with Crippen LogP contribution in [0.3, 0.4) is 0 Å². The Hall–Kier alpha value is -1.35. The highest BCUT2D eigenvalue weighted by molar-refractivity contribution is 5.94. The number of amides is 1. The normalized spacial score (nSPS) is 12.3. The Balaban J connectivity index is 2.65. The van der Waals surface area contributed by atoms with Crippen LogP contribution in [-0.4, -0.2) is 12.5 Å². The van der Waals surface area contributed by atoms with Crippen molar-refractivity contribution in [3.8, 4) is 0 Å². The Morgan fingerprint density at radius 2 is 1.63 bits per heavy atom. The van der Waals surface area contributed by atoms with Crippen molar-refractivity contribution in [3.05, 3.63) is 35.4 Å². The Kier molecular flexibility index (Phi) is 4.75. The standard InChI is InChI=1S/C16H26N2O/c1-15(2,3)16(4,5)11-18-14(19)13-8-6-12(10-17)7-9-13/h6-9H,10-11,17H2,1-5H3,(H,18,19).